The first-order valence-corrected chi connectivity index (χ1v) is 11.2. The van der Waals surface area contributed by atoms with E-state index < -0.39 is 18.6 Å². The minimum atomic E-state index is -0.945. The Morgan fingerprint density at radius 1 is 1.09 bits per heavy atom. The molecular weight excluding hydrogens is 449 g/mol. The molecule has 0 unspecified atom stereocenters. The molecule has 8 heteroatoms. The number of esters is 1. The predicted octanol–water partition coefficient (Wildman–Crippen LogP) is 4.19. The maximum Gasteiger partial charge on any atom is 0.329 e. The summed E-state index contributed by atoms with van der Waals surface area (Å²) in [5, 5.41) is 3.56. The second-order valence-corrected chi connectivity index (χ2v) is 8.45. The third-order valence-electron chi connectivity index (χ3n) is 5.90. The molecule has 2 N–H and O–H groups in total. The molecule has 35 heavy (non-hydrogen) atoms. The monoisotopic (exact) mass is 475 g/mol. The van der Waals surface area contributed by atoms with Crippen LogP contribution in [0.15, 0.2) is 60.8 Å². The highest BCUT2D eigenvalue weighted by atomic mass is 19.1. The highest BCUT2D eigenvalue weighted by molar-refractivity contribution is 6.00. The summed E-state index contributed by atoms with van der Waals surface area (Å²) in [5.74, 6) is -1.84. The Labute approximate surface area is 201 Å². The lowest BCUT2D eigenvalue weighted by atomic mass is 10.0. The molecule has 2 heterocycles. The smallest absolute Gasteiger partial charge is 0.329 e. The quantitative estimate of drug-likeness (QED) is 0.295. The number of amides is 1. The van der Waals surface area contributed by atoms with Crippen LogP contribution in [0.3, 0.4) is 0 Å². The number of aromatic nitrogens is 2. The Bertz CT molecular complexity index is 1420. The van der Waals surface area contributed by atoms with E-state index in [9.17, 15) is 18.8 Å². The highest BCUT2D eigenvalue weighted by Crippen LogP contribution is 2.22. The van der Waals surface area contributed by atoms with E-state index >= 15 is 0 Å². The summed E-state index contributed by atoms with van der Waals surface area (Å²) in [6, 6.07) is 14.5. The second-order valence-electron chi connectivity index (χ2n) is 8.45. The lowest BCUT2D eigenvalue weighted by Gasteiger charge is -2.16. The van der Waals surface area contributed by atoms with Gasteiger partial charge in [0.1, 0.15) is 11.9 Å². The maximum absolute atomic E-state index is 13.7. The number of para-hydroxylation sites is 1. The zero-order chi connectivity index (χ0) is 25.1. The Kier molecular flexibility index (Phi) is 6.82. The Balaban J connectivity index is 1.48. The fourth-order valence-corrected chi connectivity index (χ4v) is 4.33. The number of benzene rings is 2. The first-order chi connectivity index (χ1) is 16.7. The van der Waals surface area contributed by atoms with Crippen LogP contribution in [-0.4, -0.2) is 39.9 Å². The number of hydrogen-bond donors (Lipinski definition) is 2. The van der Waals surface area contributed by atoms with Gasteiger partial charge in [-0.2, -0.15) is 0 Å². The van der Waals surface area contributed by atoms with Crippen LogP contribution in [0.1, 0.15) is 34.2 Å². The molecule has 0 bridgehead atoms. The molecule has 4 aromatic rings. The van der Waals surface area contributed by atoms with Gasteiger partial charge in [0.05, 0.1) is 0 Å². The number of carbonyl (C=O) groups excluding carboxylic acids is 3. The van der Waals surface area contributed by atoms with Crippen molar-refractivity contribution in [2.75, 3.05) is 6.61 Å². The molecule has 0 aliphatic heterocycles. The average Bonchev–Trinajstić information content (AvgIpc) is 3.36. The summed E-state index contributed by atoms with van der Waals surface area (Å²) >= 11 is 0. The van der Waals surface area contributed by atoms with Gasteiger partial charge in [0.25, 0.3) is 0 Å². The molecule has 0 radical (unpaired) electrons. The van der Waals surface area contributed by atoms with E-state index in [0.29, 0.717) is 16.9 Å². The van der Waals surface area contributed by atoms with Crippen molar-refractivity contribution in [3.8, 4) is 5.69 Å². The number of carbonyl (C=O) groups is 3. The van der Waals surface area contributed by atoms with Crippen LogP contribution < -0.4 is 5.32 Å². The van der Waals surface area contributed by atoms with Crippen LogP contribution in [0.5, 0.6) is 0 Å². The largest absolute Gasteiger partial charge is 0.456 e. The molecule has 0 aliphatic rings. The van der Waals surface area contributed by atoms with E-state index in [1.165, 1.54) is 19.1 Å². The normalized spacial score (nSPS) is 11.9. The van der Waals surface area contributed by atoms with Gasteiger partial charge in [-0.25, -0.2) is 9.18 Å². The van der Waals surface area contributed by atoms with Crippen molar-refractivity contribution in [1.82, 2.24) is 14.9 Å². The van der Waals surface area contributed by atoms with Crippen LogP contribution in [0, 0.1) is 19.7 Å². The average molecular weight is 476 g/mol. The van der Waals surface area contributed by atoms with Gasteiger partial charge in [0, 0.05) is 53.1 Å². The lowest BCUT2D eigenvalue weighted by molar-refractivity contribution is -0.146. The predicted molar refractivity (Wildman–Crippen MR) is 130 cm³/mol. The molecule has 2 aromatic carbocycles. The molecule has 0 spiro atoms. The fraction of sp³-hybridized carbons (Fsp3) is 0.222. The van der Waals surface area contributed by atoms with Crippen molar-refractivity contribution in [2.24, 2.45) is 0 Å². The molecule has 0 aliphatic carbocycles. The van der Waals surface area contributed by atoms with Gasteiger partial charge in [-0.1, -0.05) is 24.3 Å². The van der Waals surface area contributed by atoms with Crippen molar-refractivity contribution in [3.63, 3.8) is 0 Å². The molecule has 2 aromatic heterocycles. The molecule has 1 atom stereocenters. The molecule has 0 saturated carbocycles. The molecule has 0 saturated heterocycles. The first-order valence-electron chi connectivity index (χ1n) is 11.2. The zero-order valence-electron chi connectivity index (χ0n) is 19.7. The van der Waals surface area contributed by atoms with Crippen LogP contribution in [0.2, 0.25) is 0 Å². The first kappa shape index (κ1) is 23.9. The summed E-state index contributed by atoms with van der Waals surface area (Å²) in [4.78, 5) is 40.6. The van der Waals surface area contributed by atoms with Crippen LogP contribution in [0.25, 0.3) is 16.6 Å². The van der Waals surface area contributed by atoms with E-state index in [2.05, 4.69) is 10.3 Å². The molecule has 180 valence electrons. The standard InChI is InChI=1S/C27H26FN3O4/c1-16-11-23(17(2)31(16)21-8-6-7-20(28)13-21)26(33)15-35-27(34)25(30-18(3)32)12-19-14-29-24-10-5-4-9-22(19)24/h4-11,13-14,25,29H,12,15H2,1-3H3,(H,30,32)/t25-/m0/s1. The summed E-state index contributed by atoms with van der Waals surface area (Å²) in [6.07, 6.45) is 2.00. The fourth-order valence-electron chi connectivity index (χ4n) is 4.33. The van der Waals surface area contributed by atoms with E-state index in [1.54, 1.807) is 35.9 Å². The zero-order valence-corrected chi connectivity index (χ0v) is 19.7. The molecule has 1 amide bonds. The van der Waals surface area contributed by atoms with Crippen LogP contribution in [0.4, 0.5) is 4.39 Å². The number of H-pyrrole nitrogens is 1. The highest BCUT2D eigenvalue weighted by Gasteiger charge is 2.25. The topological polar surface area (TPSA) is 93.2 Å². The van der Waals surface area contributed by atoms with Crippen molar-refractivity contribution in [2.45, 2.75) is 33.2 Å². The third kappa shape index (κ3) is 5.16. The number of aryl methyl sites for hydroxylation is 1. The summed E-state index contributed by atoms with van der Waals surface area (Å²) in [5.41, 5.74) is 4.11. The number of fused-ring (bicyclic) bond motifs is 1. The van der Waals surface area contributed by atoms with Gasteiger partial charge < -0.3 is 19.6 Å². The Morgan fingerprint density at radius 3 is 2.60 bits per heavy atom. The van der Waals surface area contributed by atoms with Crippen LogP contribution in [-0.2, 0) is 20.7 Å². The SMILES string of the molecule is CC(=O)N[C@@H](Cc1c[nH]c2ccccc12)C(=O)OCC(=O)c1cc(C)n(-c2cccc(F)c2)c1C. The molecular formula is C27H26FN3O4. The van der Waals surface area contributed by atoms with Gasteiger partial charge in [0.15, 0.2) is 6.61 Å². The Hall–Kier alpha value is -4.20. The third-order valence-corrected chi connectivity index (χ3v) is 5.90. The van der Waals surface area contributed by atoms with Crippen molar-refractivity contribution < 1.29 is 23.5 Å². The number of nitrogens with zero attached hydrogens (tertiary/aromatic N) is 1. The maximum atomic E-state index is 13.7. The van der Waals surface area contributed by atoms with Gasteiger partial charge in [0.2, 0.25) is 11.7 Å². The summed E-state index contributed by atoms with van der Waals surface area (Å²) in [6.45, 7) is 4.41. The molecule has 0 fully saturated rings. The lowest BCUT2D eigenvalue weighted by Crippen LogP contribution is -2.42. The van der Waals surface area contributed by atoms with E-state index in [4.69, 9.17) is 4.74 Å². The van der Waals surface area contributed by atoms with Gasteiger partial charge in [-0.3, -0.25) is 9.59 Å². The minimum absolute atomic E-state index is 0.213. The number of Topliss-reactive ketones (excluding diaryl/α,β-unsaturated/α-hetero) is 1. The van der Waals surface area contributed by atoms with Crippen molar-refractivity contribution in [3.05, 3.63) is 89.1 Å². The van der Waals surface area contributed by atoms with Gasteiger partial charge in [-0.05, 0) is 49.7 Å². The number of aromatic amines is 1. The number of halogens is 1. The summed E-state index contributed by atoms with van der Waals surface area (Å²) in [7, 11) is 0. The number of hydrogen-bond acceptors (Lipinski definition) is 4. The van der Waals surface area contributed by atoms with E-state index in [-0.39, 0.29) is 23.9 Å². The van der Waals surface area contributed by atoms with Crippen LogP contribution >= 0.6 is 0 Å². The van der Waals surface area contributed by atoms with E-state index in [1.807, 2.05) is 31.2 Å². The summed E-state index contributed by atoms with van der Waals surface area (Å²) < 4.78 is 20.8. The van der Waals surface area contributed by atoms with Crippen molar-refractivity contribution >= 4 is 28.6 Å². The Morgan fingerprint density at radius 2 is 1.86 bits per heavy atom. The number of ketones is 1. The molecule has 4 rings (SSSR count). The number of rotatable bonds is 8. The van der Waals surface area contributed by atoms with E-state index in [0.717, 1.165) is 22.2 Å². The molecule has 7 nitrogen and oxygen atoms in total. The van der Waals surface area contributed by atoms with Gasteiger partial charge >= 0.3 is 5.97 Å². The van der Waals surface area contributed by atoms with Gasteiger partial charge in [-0.15, -0.1) is 0 Å². The number of nitrogens with one attached hydrogen (secondary N) is 2. The van der Waals surface area contributed by atoms with Crippen molar-refractivity contribution in [1.29, 1.82) is 0 Å². The second kappa shape index (κ2) is 9.97. The number of ether oxygens (including phenoxy) is 1. The minimum Gasteiger partial charge on any atom is -0.456 e.